The molecule has 0 spiro atoms. The number of anilines is 1. The van der Waals surface area contributed by atoms with Gasteiger partial charge in [-0.1, -0.05) is 28.1 Å². The summed E-state index contributed by atoms with van der Waals surface area (Å²) in [6.07, 6.45) is 0.727. The van der Waals surface area contributed by atoms with Gasteiger partial charge in [0.1, 0.15) is 5.82 Å². The molecule has 5 heteroatoms. The van der Waals surface area contributed by atoms with Gasteiger partial charge in [0, 0.05) is 59.5 Å². The van der Waals surface area contributed by atoms with E-state index in [1.807, 2.05) is 13.0 Å². The topological polar surface area (TPSA) is 19.4 Å². The van der Waals surface area contributed by atoms with Crippen LogP contribution in [-0.4, -0.2) is 42.6 Å². The van der Waals surface area contributed by atoms with Crippen LogP contribution in [0, 0.1) is 12.7 Å². The number of hydrogen-bond acceptors (Lipinski definition) is 3. The summed E-state index contributed by atoms with van der Waals surface area (Å²) in [5, 5.41) is 1.21. The standard InChI is InChI=1S/C22H23BrFN3/c1-16-8-9-18-21(25-16)6-3-7-22(18)27-14-12-26(13-15-27)11-10-17-19(23)4-2-5-20(17)24/h2-9H,10-15H2,1H3. The minimum absolute atomic E-state index is 0.124. The Balaban J connectivity index is 1.41. The van der Waals surface area contributed by atoms with Gasteiger partial charge in [-0.25, -0.2) is 4.39 Å². The molecule has 4 rings (SSSR count). The fourth-order valence-corrected chi connectivity index (χ4v) is 4.31. The molecule has 2 aromatic carbocycles. The zero-order valence-corrected chi connectivity index (χ0v) is 17.0. The fourth-order valence-electron chi connectivity index (χ4n) is 3.77. The summed E-state index contributed by atoms with van der Waals surface area (Å²) in [6.45, 7) is 6.84. The summed E-state index contributed by atoms with van der Waals surface area (Å²) in [5.41, 5.74) is 4.13. The summed E-state index contributed by atoms with van der Waals surface area (Å²) in [6, 6.07) is 15.8. The zero-order valence-electron chi connectivity index (χ0n) is 15.5. The summed E-state index contributed by atoms with van der Waals surface area (Å²) in [5.74, 6) is -0.124. The van der Waals surface area contributed by atoms with Gasteiger partial charge in [0.05, 0.1) is 5.52 Å². The van der Waals surface area contributed by atoms with E-state index in [0.717, 1.165) is 60.4 Å². The van der Waals surface area contributed by atoms with E-state index in [-0.39, 0.29) is 5.82 Å². The minimum Gasteiger partial charge on any atom is -0.368 e. The number of fused-ring (bicyclic) bond motifs is 1. The molecule has 2 heterocycles. The number of hydrogen-bond donors (Lipinski definition) is 0. The molecule has 3 aromatic rings. The van der Waals surface area contributed by atoms with Gasteiger partial charge in [-0.3, -0.25) is 9.88 Å². The van der Waals surface area contributed by atoms with Crippen molar-refractivity contribution in [2.75, 3.05) is 37.6 Å². The average molecular weight is 428 g/mol. The number of halogens is 2. The van der Waals surface area contributed by atoms with E-state index in [1.54, 1.807) is 6.07 Å². The van der Waals surface area contributed by atoms with Crippen LogP contribution >= 0.6 is 15.9 Å². The molecule has 0 bridgehead atoms. The van der Waals surface area contributed by atoms with Gasteiger partial charge >= 0.3 is 0 Å². The Morgan fingerprint density at radius 2 is 1.78 bits per heavy atom. The van der Waals surface area contributed by atoms with Gasteiger partial charge in [0.2, 0.25) is 0 Å². The van der Waals surface area contributed by atoms with Crippen molar-refractivity contribution in [3.05, 3.63) is 70.1 Å². The molecular formula is C22H23BrFN3. The van der Waals surface area contributed by atoms with Gasteiger partial charge < -0.3 is 4.90 Å². The highest BCUT2D eigenvalue weighted by Crippen LogP contribution is 2.27. The van der Waals surface area contributed by atoms with Gasteiger partial charge in [-0.2, -0.15) is 0 Å². The van der Waals surface area contributed by atoms with Gasteiger partial charge in [0.25, 0.3) is 0 Å². The molecule has 27 heavy (non-hydrogen) atoms. The van der Waals surface area contributed by atoms with Crippen LogP contribution < -0.4 is 4.90 Å². The maximum atomic E-state index is 14.0. The quantitative estimate of drug-likeness (QED) is 0.595. The van der Waals surface area contributed by atoms with Crippen LogP contribution in [0.5, 0.6) is 0 Å². The van der Waals surface area contributed by atoms with Crippen LogP contribution in [0.2, 0.25) is 0 Å². The van der Waals surface area contributed by atoms with Crippen LogP contribution in [0.4, 0.5) is 10.1 Å². The van der Waals surface area contributed by atoms with E-state index >= 15 is 0 Å². The molecule has 0 atom stereocenters. The second-order valence-electron chi connectivity index (χ2n) is 7.08. The lowest BCUT2D eigenvalue weighted by Gasteiger charge is -2.36. The molecule has 1 aromatic heterocycles. The Kier molecular flexibility index (Phi) is 5.41. The third kappa shape index (κ3) is 3.99. The van der Waals surface area contributed by atoms with Crippen molar-refractivity contribution < 1.29 is 4.39 Å². The van der Waals surface area contributed by atoms with Gasteiger partial charge in [-0.05, 0) is 49.7 Å². The van der Waals surface area contributed by atoms with E-state index in [0.29, 0.717) is 0 Å². The Morgan fingerprint density at radius 1 is 1.00 bits per heavy atom. The number of rotatable bonds is 4. The summed E-state index contributed by atoms with van der Waals surface area (Å²) >= 11 is 3.47. The monoisotopic (exact) mass is 427 g/mol. The van der Waals surface area contributed by atoms with E-state index in [9.17, 15) is 4.39 Å². The zero-order chi connectivity index (χ0) is 18.8. The van der Waals surface area contributed by atoms with Crippen molar-refractivity contribution in [3.63, 3.8) is 0 Å². The maximum absolute atomic E-state index is 14.0. The molecule has 0 aliphatic carbocycles. The third-order valence-electron chi connectivity index (χ3n) is 5.30. The van der Waals surface area contributed by atoms with Crippen LogP contribution in [-0.2, 0) is 6.42 Å². The third-order valence-corrected chi connectivity index (χ3v) is 6.04. The molecule has 1 saturated heterocycles. The van der Waals surface area contributed by atoms with E-state index in [2.05, 4.69) is 61.0 Å². The summed E-state index contributed by atoms with van der Waals surface area (Å²) in [7, 11) is 0. The largest absolute Gasteiger partial charge is 0.368 e. The first-order valence-corrected chi connectivity index (χ1v) is 10.2. The molecule has 0 N–H and O–H groups in total. The Bertz CT molecular complexity index is 931. The summed E-state index contributed by atoms with van der Waals surface area (Å²) in [4.78, 5) is 9.51. The SMILES string of the molecule is Cc1ccc2c(N3CCN(CCc4c(F)cccc4Br)CC3)cccc2n1. The number of pyridine rings is 1. The van der Waals surface area contributed by atoms with Gasteiger partial charge in [0.15, 0.2) is 0 Å². The smallest absolute Gasteiger partial charge is 0.127 e. The second-order valence-corrected chi connectivity index (χ2v) is 7.93. The first kappa shape index (κ1) is 18.4. The van der Waals surface area contributed by atoms with Crippen LogP contribution in [0.3, 0.4) is 0 Å². The van der Waals surface area contributed by atoms with E-state index < -0.39 is 0 Å². The van der Waals surface area contributed by atoms with Crippen molar-refractivity contribution in [1.29, 1.82) is 0 Å². The van der Waals surface area contributed by atoms with Gasteiger partial charge in [-0.15, -0.1) is 0 Å². The van der Waals surface area contributed by atoms with Crippen LogP contribution in [0.1, 0.15) is 11.3 Å². The number of nitrogens with zero attached hydrogens (tertiary/aromatic N) is 3. The highest BCUT2D eigenvalue weighted by molar-refractivity contribution is 9.10. The Labute approximate surface area is 167 Å². The van der Waals surface area contributed by atoms with Crippen LogP contribution in [0.15, 0.2) is 53.0 Å². The predicted molar refractivity (Wildman–Crippen MR) is 113 cm³/mol. The van der Waals surface area contributed by atoms with Crippen molar-refractivity contribution in [1.82, 2.24) is 9.88 Å². The predicted octanol–water partition coefficient (Wildman–Crippen LogP) is 4.81. The lowest BCUT2D eigenvalue weighted by molar-refractivity contribution is 0.260. The normalized spacial score (nSPS) is 15.4. The van der Waals surface area contributed by atoms with Crippen LogP contribution in [0.25, 0.3) is 10.9 Å². The van der Waals surface area contributed by atoms with E-state index in [4.69, 9.17) is 0 Å². The second kappa shape index (κ2) is 7.95. The molecule has 1 aliphatic heterocycles. The Morgan fingerprint density at radius 3 is 2.56 bits per heavy atom. The van der Waals surface area contributed by atoms with Crippen molar-refractivity contribution in [2.45, 2.75) is 13.3 Å². The molecule has 0 amide bonds. The first-order valence-electron chi connectivity index (χ1n) is 9.38. The minimum atomic E-state index is -0.124. The fraction of sp³-hybridized carbons (Fsp3) is 0.318. The maximum Gasteiger partial charge on any atom is 0.127 e. The molecule has 0 saturated carbocycles. The number of aromatic nitrogens is 1. The molecule has 1 aliphatic rings. The Hall–Kier alpha value is -1.98. The lowest BCUT2D eigenvalue weighted by atomic mass is 10.1. The van der Waals surface area contributed by atoms with Crippen molar-refractivity contribution >= 4 is 32.5 Å². The number of benzene rings is 2. The highest BCUT2D eigenvalue weighted by atomic mass is 79.9. The lowest BCUT2D eigenvalue weighted by Crippen LogP contribution is -2.47. The number of piperazine rings is 1. The highest BCUT2D eigenvalue weighted by Gasteiger charge is 2.19. The molecule has 3 nitrogen and oxygen atoms in total. The first-order chi connectivity index (χ1) is 13.1. The molecule has 140 valence electrons. The molecule has 0 unspecified atom stereocenters. The molecular weight excluding hydrogens is 405 g/mol. The molecule has 1 fully saturated rings. The molecule has 0 radical (unpaired) electrons. The average Bonchev–Trinajstić information content (AvgIpc) is 2.67. The number of aryl methyl sites for hydroxylation is 1. The van der Waals surface area contributed by atoms with Crippen molar-refractivity contribution in [2.24, 2.45) is 0 Å². The summed E-state index contributed by atoms with van der Waals surface area (Å²) < 4.78 is 14.9. The van der Waals surface area contributed by atoms with Crippen molar-refractivity contribution in [3.8, 4) is 0 Å². The van der Waals surface area contributed by atoms with E-state index in [1.165, 1.54) is 17.1 Å².